The normalized spacial score (nSPS) is 13.3. The third-order valence-electron chi connectivity index (χ3n) is 11.2. The fourth-order valence-corrected chi connectivity index (χ4v) is 10.1. The van der Waals surface area contributed by atoms with Crippen molar-refractivity contribution >= 4 is 22.5 Å². The summed E-state index contributed by atoms with van der Waals surface area (Å²) in [7, 11) is 0. The van der Waals surface area contributed by atoms with E-state index in [9.17, 15) is 0 Å². The molecule has 1 aliphatic heterocycles. The van der Waals surface area contributed by atoms with Crippen LogP contribution in [-0.2, 0) is 5.41 Å². The number of hydrogen-bond donors (Lipinski definition) is 0. The molecular weight excluding hydrogens is 673 g/mol. The Kier molecular flexibility index (Phi) is 7.05. The van der Waals surface area contributed by atoms with Gasteiger partial charge in [0.25, 0.3) is 0 Å². The van der Waals surface area contributed by atoms with Gasteiger partial charge in [-0.1, -0.05) is 182 Å². The monoisotopic (exact) mass is 704 g/mol. The number of benzene rings is 8. The number of hydrogen-bond acceptors (Lipinski definition) is 3. The lowest BCUT2D eigenvalue weighted by atomic mass is 9.67. The maximum atomic E-state index is 5.40. The van der Waals surface area contributed by atoms with Gasteiger partial charge in [-0.15, -0.1) is 0 Å². The molecule has 3 heteroatoms. The zero-order chi connectivity index (χ0) is 35.6. The fourth-order valence-electron chi connectivity index (χ4n) is 8.87. The van der Waals surface area contributed by atoms with Gasteiger partial charge in [-0.05, 0) is 79.5 Å². The summed E-state index contributed by atoms with van der Waals surface area (Å²) in [4.78, 5) is 13.3. The molecule has 0 atom stereocenters. The maximum absolute atomic E-state index is 5.40. The first kappa shape index (κ1) is 31.0. The van der Waals surface area contributed by atoms with Gasteiger partial charge in [-0.3, -0.25) is 0 Å². The lowest BCUT2D eigenvalue weighted by Crippen LogP contribution is -2.31. The maximum Gasteiger partial charge on any atom is 0.160 e. The van der Waals surface area contributed by atoms with Crippen molar-refractivity contribution in [1.29, 1.82) is 0 Å². The topological polar surface area (TPSA) is 25.8 Å². The molecule has 0 saturated heterocycles. The highest BCUT2D eigenvalue weighted by Crippen LogP contribution is 2.63. The van der Waals surface area contributed by atoms with E-state index in [1.807, 2.05) is 17.8 Å². The van der Waals surface area contributed by atoms with Crippen LogP contribution in [0, 0.1) is 0 Å². The molecule has 11 rings (SSSR count). The van der Waals surface area contributed by atoms with Crippen LogP contribution in [0.4, 0.5) is 0 Å². The Hall–Kier alpha value is -6.55. The average molecular weight is 705 g/mol. The Morgan fingerprint density at radius 2 is 0.907 bits per heavy atom. The number of nitrogens with zero attached hydrogens (tertiary/aromatic N) is 2. The van der Waals surface area contributed by atoms with Crippen LogP contribution in [0.5, 0.6) is 0 Å². The summed E-state index contributed by atoms with van der Waals surface area (Å²) in [5.41, 5.74) is 14.6. The zero-order valence-corrected chi connectivity index (χ0v) is 30.1. The predicted molar refractivity (Wildman–Crippen MR) is 223 cm³/mol. The molecule has 0 bridgehead atoms. The van der Waals surface area contributed by atoms with Gasteiger partial charge in [0.1, 0.15) is 0 Å². The first-order valence-corrected chi connectivity index (χ1v) is 19.2. The third kappa shape index (κ3) is 4.62. The molecule has 2 nitrogen and oxygen atoms in total. The highest BCUT2D eigenvalue weighted by Gasteiger charge is 2.50. The molecule has 0 unspecified atom stereocenters. The van der Waals surface area contributed by atoms with Gasteiger partial charge < -0.3 is 0 Å². The first-order valence-electron chi connectivity index (χ1n) is 18.4. The SMILES string of the molecule is c1ccc(-c2nc(-c3ccccc3-c3ccc4ccccc4c3)cc(-c3cccc4c3-c3ccccc3C43c4ccccc4Sc4ccccc43)n2)cc1. The van der Waals surface area contributed by atoms with E-state index < -0.39 is 5.41 Å². The van der Waals surface area contributed by atoms with E-state index >= 15 is 0 Å². The van der Waals surface area contributed by atoms with Gasteiger partial charge in [0.05, 0.1) is 16.8 Å². The molecule has 1 aliphatic carbocycles. The molecule has 9 aromatic rings. The van der Waals surface area contributed by atoms with Crippen molar-refractivity contribution in [3.63, 3.8) is 0 Å². The lowest BCUT2D eigenvalue weighted by Gasteiger charge is -2.39. The van der Waals surface area contributed by atoms with Crippen LogP contribution in [0.2, 0.25) is 0 Å². The van der Waals surface area contributed by atoms with Gasteiger partial charge in [0.2, 0.25) is 0 Å². The summed E-state index contributed by atoms with van der Waals surface area (Å²) in [5.74, 6) is 0.708. The molecule has 2 aliphatic rings. The van der Waals surface area contributed by atoms with Crippen LogP contribution in [-0.4, -0.2) is 9.97 Å². The molecule has 252 valence electrons. The largest absolute Gasteiger partial charge is 0.228 e. The van der Waals surface area contributed by atoms with Crippen LogP contribution < -0.4 is 0 Å². The number of fused-ring (bicyclic) bond motifs is 10. The van der Waals surface area contributed by atoms with E-state index in [1.165, 1.54) is 53.9 Å². The van der Waals surface area contributed by atoms with Crippen LogP contribution in [0.15, 0.2) is 204 Å². The Bertz CT molecular complexity index is 2880. The average Bonchev–Trinajstić information content (AvgIpc) is 3.54. The first-order chi connectivity index (χ1) is 26.8. The minimum Gasteiger partial charge on any atom is -0.228 e. The van der Waals surface area contributed by atoms with Gasteiger partial charge in [0.15, 0.2) is 5.82 Å². The third-order valence-corrected chi connectivity index (χ3v) is 12.3. The minimum absolute atomic E-state index is 0.457. The van der Waals surface area contributed by atoms with Crippen LogP contribution in [0.25, 0.3) is 66.9 Å². The second kappa shape index (κ2) is 12.3. The summed E-state index contributed by atoms with van der Waals surface area (Å²) in [5, 5.41) is 2.45. The van der Waals surface area contributed by atoms with Crippen LogP contribution >= 0.6 is 11.8 Å². The van der Waals surface area contributed by atoms with Crippen LogP contribution in [0.1, 0.15) is 22.3 Å². The van der Waals surface area contributed by atoms with Gasteiger partial charge >= 0.3 is 0 Å². The van der Waals surface area contributed by atoms with Gasteiger partial charge in [-0.2, -0.15) is 0 Å². The Morgan fingerprint density at radius 3 is 1.67 bits per heavy atom. The molecule has 0 fully saturated rings. The summed E-state index contributed by atoms with van der Waals surface area (Å²) >= 11 is 1.87. The summed E-state index contributed by atoms with van der Waals surface area (Å²) in [6, 6.07) is 70.2. The number of rotatable bonds is 4. The molecule has 2 heterocycles. The standard InChI is InChI=1S/C51H32N2S/c1-2-16-34(17-3-1)50-52-45(38-20-7-6-19-37(38)36-30-29-33-15-4-5-18-35(33)31-36)32-46(53-50)40-22-14-26-44-49(40)39-21-8-9-23-41(39)51(44)42-24-10-12-27-47(42)54-48-28-13-11-25-43(48)51/h1-32H. The minimum atomic E-state index is -0.457. The van der Waals surface area contributed by atoms with E-state index in [-0.39, 0.29) is 0 Å². The van der Waals surface area contributed by atoms with Gasteiger partial charge in [0, 0.05) is 26.5 Å². The van der Waals surface area contributed by atoms with Crippen molar-refractivity contribution in [2.75, 3.05) is 0 Å². The molecule has 0 N–H and O–H groups in total. The van der Waals surface area contributed by atoms with Crippen LogP contribution in [0.3, 0.4) is 0 Å². The summed E-state index contributed by atoms with van der Waals surface area (Å²) < 4.78 is 0. The highest BCUT2D eigenvalue weighted by atomic mass is 32.2. The fraction of sp³-hybridized carbons (Fsp3) is 0.0196. The molecule has 54 heavy (non-hydrogen) atoms. The summed E-state index contributed by atoms with van der Waals surface area (Å²) in [6.45, 7) is 0. The molecule has 0 saturated carbocycles. The molecular formula is C51H32N2S. The molecule has 1 spiro atoms. The molecule has 8 aromatic carbocycles. The predicted octanol–water partition coefficient (Wildman–Crippen LogP) is 13.1. The molecule has 0 amide bonds. The Morgan fingerprint density at radius 1 is 0.352 bits per heavy atom. The summed E-state index contributed by atoms with van der Waals surface area (Å²) in [6.07, 6.45) is 0. The smallest absolute Gasteiger partial charge is 0.160 e. The van der Waals surface area contributed by atoms with E-state index in [1.54, 1.807) is 0 Å². The molecule has 0 radical (unpaired) electrons. The van der Waals surface area contributed by atoms with Crippen molar-refractivity contribution in [2.45, 2.75) is 15.2 Å². The van der Waals surface area contributed by atoms with E-state index in [4.69, 9.17) is 9.97 Å². The second-order valence-corrected chi connectivity index (χ2v) is 15.1. The Balaban J connectivity index is 1.18. The second-order valence-electron chi connectivity index (χ2n) is 14.1. The van der Waals surface area contributed by atoms with E-state index in [0.717, 1.165) is 39.2 Å². The zero-order valence-electron chi connectivity index (χ0n) is 29.3. The molecule has 1 aromatic heterocycles. The van der Waals surface area contributed by atoms with Crippen molar-refractivity contribution in [3.05, 3.63) is 216 Å². The van der Waals surface area contributed by atoms with Crippen molar-refractivity contribution < 1.29 is 0 Å². The van der Waals surface area contributed by atoms with Crippen molar-refractivity contribution in [3.8, 4) is 56.2 Å². The van der Waals surface area contributed by atoms with Gasteiger partial charge in [-0.25, -0.2) is 9.97 Å². The van der Waals surface area contributed by atoms with E-state index in [2.05, 4.69) is 188 Å². The highest BCUT2D eigenvalue weighted by molar-refractivity contribution is 7.99. The van der Waals surface area contributed by atoms with E-state index in [0.29, 0.717) is 5.82 Å². The van der Waals surface area contributed by atoms with Crippen molar-refractivity contribution in [1.82, 2.24) is 9.97 Å². The Labute approximate surface area is 318 Å². The lowest BCUT2D eigenvalue weighted by molar-refractivity contribution is 0.722. The quantitative estimate of drug-likeness (QED) is 0.182. The number of aromatic nitrogens is 2. The van der Waals surface area contributed by atoms with Crippen molar-refractivity contribution in [2.24, 2.45) is 0 Å².